The Bertz CT molecular complexity index is 3310. The number of imidazole rings is 2. The fourth-order valence-electron chi connectivity index (χ4n) is 8.44. The Labute approximate surface area is 464 Å². The molecular weight excluding hydrogens is 1120 g/mol. The van der Waals surface area contributed by atoms with E-state index in [1.807, 2.05) is 6.07 Å². The summed E-state index contributed by atoms with van der Waals surface area (Å²) in [6.45, 7) is 11.1. The maximum absolute atomic E-state index is 15.1. The molecule has 3 saturated heterocycles. The van der Waals surface area contributed by atoms with Crippen LogP contribution in [0.5, 0.6) is 0 Å². The summed E-state index contributed by atoms with van der Waals surface area (Å²) in [7, 11) is -5.57. The quantitative estimate of drug-likeness (QED) is 0.0420. The predicted octanol–water partition coefficient (Wildman–Crippen LogP) is 9.76. The largest absolute Gasteiger partial charge is 0.408 e. The van der Waals surface area contributed by atoms with Crippen LogP contribution in [0, 0.1) is 11.3 Å². The second kappa shape index (κ2) is 22.7. The lowest BCUT2D eigenvalue weighted by atomic mass is 10.1. The van der Waals surface area contributed by atoms with E-state index in [-0.39, 0.29) is 57.1 Å². The van der Waals surface area contributed by atoms with Gasteiger partial charge in [0.1, 0.15) is 49.3 Å². The van der Waals surface area contributed by atoms with Crippen molar-refractivity contribution in [3.8, 4) is 6.07 Å². The number of hydrogen-bond donors (Lipinski definition) is 3. The van der Waals surface area contributed by atoms with Gasteiger partial charge < -0.3 is 38.0 Å². The molecule has 7 heterocycles. The molecule has 2 N–H and O–H groups in total. The minimum atomic E-state index is -4.46. The highest BCUT2D eigenvalue weighted by molar-refractivity contribution is 8.44. The van der Waals surface area contributed by atoms with Gasteiger partial charge in [-0.2, -0.15) is 5.26 Å². The number of carbonyl (C=O) groups is 2. The molecule has 3 fully saturated rings. The first kappa shape index (κ1) is 57.9. The molecule has 29 heteroatoms. The molecule has 10 atom stereocenters. The van der Waals surface area contributed by atoms with E-state index < -0.39 is 104 Å². The average Bonchev–Trinajstić information content (AvgIpc) is 4.38. The lowest BCUT2D eigenvalue weighted by Gasteiger charge is -2.41. The molecule has 2 bridgehead atoms. The molecule has 9 rings (SSSR count). The van der Waals surface area contributed by atoms with Crippen molar-refractivity contribution in [2.24, 2.45) is 0 Å². The topological polar surface area (TPSA) is 269 Å². The van der Waals surface area contributed by atoms with E-state index in [9.17, 15) is 14.9 Å². The van der Waals surface area contributed by atoms with Gasteiger partial charge in [0, 0.05) is 11.1 Å². The van der Waals surface area contributed by atoms with Crippen LogP contribution in [-0.2, 0) is 57.3 Å². The van der Waals surface area contributed by atoms with E-state index in [2.05, 4.69) is 127 Å². The van der Waals surface area contributed by atoms with Crippen molar-refractivity contribution in [3.05, 3.63) is 97.1 Å². The van der Waals surface area contributed by atoms with Crippen LogP contribution < -0.4 is 10.6 Å². The highest BCUT2D eigenvalue weighted by Crippen LogP contribution is 2.60. The van der Waals surface area contributed by atoms with E-state index in [0.717, 1.165) is 0 Å². The van der Waals surface area contributed by atoms with Crippen molar-refractivity contribution < 1.29 is 55.1 Å². The Balaban J connectivity index is 1.12. The summed E-state index contributed by atoms with van der Waals surface area (Å²) in [6, 6.07) is 19.4. The van der Waals surface area contributed by atoms with Crippen molar-refractivity contribution in [3.63, 3.8) is 0 Å². The molecule has 0 radical (unpaired) electrons. The molecule has 6 aromatic rings. The van der Waals surface area contributed by atoms with Crippen LogP contribution in [0.3, 0.4) is 0 Å². The first-order chi connectivity index (χ1) is 36.8. The van der Waals surface area contributed by atoms with Crippen LogP contribution in [0.4, 0.5) is 11.6 Å². The van der Waals surface area contributed by atoms with Gasteiger partial charge in [0.05, 0.1) is 45.0 Å². The van der Waals surface area contributed by atoms with Gasteiger partial charge in [-0.3, -0.25) is 32.3 Å². The highest BCUT2D eigenvalue weighted by Gasteiger charge is 2.57. The number of ether oxygens (including phenoxy) is 2. The number of anilines is 2. The molecule has 2 unspecified atom stereocenters. The van der Waals surface area contributed by atoms with Crippen molar-refractivity contribution in [1.82, 2.24) is 39.0 Å². The summed E-state index contributed by atoms with van der Waals surface area (Å²) in [4.78, 5) is 53.9. The SMILES string of the molecule is CC(C)(C)[Si](C)(C)OC1[C@H]2O[P@@](=S)(OCCC#N)OC[C@H]3O[C@@H](n4cnc5c(NC(=O)c6ccccc6)ncnc54)C(O[Si](C)(C)C(C)(C)C)[C@@H]3O[P@](=O)(S)OC[C@H]1O[C@H]2n1cnc2c(NC(=O)c3ccccc3)ncnc21. The van der Waals surface area contributed by atoms with Crippen LogP contribution in [-0.4, -0.2) is 124 Å². The fourth-order valence-corrected chi connectivity index (χ4v) is 14.6. The van der Waals surface area contributed by atoms with Crippen LogP contribution in [0.15, 0.2) is 86.0 Å². The molecule has 3 aliphatic heterocycles. The number of carbonyl (C=O) groups excluding carboxylic acids is 2. The summed E-state index contributed by atoms with van der Waals surface area (Å²) < 4.78 is 79.5. The number of amides is 2. The zero-order chi connectivity index (χ0) is 56.0. The number of nitrogens with zero attached hydrogens (tertiary/aromatic N) is 9. The van der Waals surface area contributed by atoms with Crippen molar-refractivity contribution in [2.75, 3.05) is 30.5 Å². The predicted molar refractivity (Wildman–Crippen MR) is 300 cm³/mol. The minimum absolute atomic E-state index is 0.0705. The normalized spacial score (nSPS) is 27.3. The Morgan fingerprint density at radius 2 is 1.21 bits per heavy atom. The maximum Gasteiger partial charge on any atom is 0.386 e. The number of fused-ring (bicyclic) bond motifs is 5. The van der Waals surface area contributed by atoms with Crippen LogP contribution >= 0.6 is 25.8 Å². The lowest BCUT2D eigenvalue weighted by Crippen LogP contribution is -2.50. The number of nitrogens with one attached hydrogen (secondary N) is 2. The van der Waals surface area contributed by atoms with E-state index >= 15 is 4.57 Å². The van der Waals surface area contributed by atoms with Gasteiger partial charge in [0.25, 0.3) is 11.8 Å². The standard InChI is InChI=1S/C49H63N11O12P2S2Si2/c1-48(2,3)77(7,8)71-37-33-24-65-73(63,75)69-36-32(67-47(39(36)72-78(9,10)49(4,5)6)60-29-56-35-41(52-27-54-43(35)60)58-45(62)31-20-15-12-16-21-31)25-66-74(76,64-23-17-22-50)70-38(37)46(68-33)59-28-55-34-40(51-26-53-42(34)59)57-44(61)30-18-13-11-14-19-30/h11-16,18-21,26-29,32-33,36-39,46-47H,17,23-25H2,1-10H3,(H,63,75)(H,51,53,57,61)(H,52,54,58,62)/t32-,33-,36-,37?,38-,39?,46-,47-,73-,74-/m1/s1. The van der Waals surface area contributed by atoms with Gasteiger partial charge in [0.15, 0.2) is 63.1 Å². The highest BCUT2D eigenvalue weighted by atomic mass is 32.7. The third kappa shape index (κ3) is 12.3. The zero-order valence-corrected chi connectivity index (χ0v) is 50.2. The van der Waals surface area contributed by atoms with Crippen LogP contribution in [0.25, 0.3) is 22.3 Å². The van der Waals surface area contributed by atoms with Gasteiger partial charge in [0.2, 0.25) is 0 Å². The molecular formula is C49H63N11O12P2S2Si2. The molecule has 2 aromatic carbocycles. The molecule has 4 aromatic heterocycles. The summed E-state index contributed by atoms with van der Waals surface area (Å²) >= 11 is 10.9. The Morgan fingerprint density at radius 3 is 1.72 bits per heavy atom. The number of aromatic nitrogens is 8. The zero-order valence-electron chi connectivity index (χ0n) is 44.7. The average molecular weight is 1180 g/mol. The van der Waals surface area contributed by atoms with Crippen molar-refractivity contribution in [1.29, 1.82) is 5.26 Å². The molecule has 3 aliphatic rings. The molecule has 0 saturated carbocycles. The van der Waals surface area contributed by atoms with E-state index in [4.69, 9.17) is 52.8 Å². The number of hydrogen-bond acceptors (Lipinski definition) is 20. The first-order valence-corrected chi connectivity index (χ1v) is 36.2. The van der Waals surface area contributed by atoms with Gasteiger partial charge in [-0.15, -0.1) is 0 Å². The third-order valence-corrected chi connectivity index (χ3v) is 27.5. The van der Waals surface area contributed by atoms with Gasteiger partial charge >= 0.3 is 13.5 Å². The van der Waals surface area contributed by atoms with Crippen LogP contribution in [0.1, 0.15) is 81.1 Å². The number of thiol groups is 1. The third-order valence-electron chi connectivity index (χ3n) is 14.6. The number of rotatable bonds is 13. The van der Waals surface area contributed by atoms with E-state index in [1.165, 1.54) is 25.3 Å². The molecule has 0 spiro atoms. The maximum atomic E-state index is 15.1. The molecule has 2 amide bonds. The second-order valence-electron chi connectivity index (χ2n) is 21.9. The summed E-state index contributed by atoms with van der Waals surface area (Å²) in [5.74, 6) is -0.548. The molecule has 23 nitrogen and oxygen atoms in total. The van der Waals surface area contributed by atoms with Gasteiger partial charge in [-0.1, -0.05) is 90.2 Å². The van der Waals surface area contributed by atoms with Crippen LogP contribution in [0.2, 0.25) is 36.3 Å². The summed E-state index contributed by atoms with van der Waals surface area (Å²) in [6.07, 6.45) is -3.53. The van der Waals surface area contributed by atoms with Crippen molar-refractivity contribution >= 4 is 100.0 Å². The number of nitriles is 1. The molecule has 0 aliphatic carbocycles. The monoisotopic (exact) mass is 1180 g/mol. The Morgan fingerprint density at radius 1 is 0.718 bits per heavy atom. The van der Waals surface area contributed by atoms with E-state index in [1.54, 1.807) is 63.7 Å². The minimum Gasteiger partial charge on any atom is -0.408 e. The van der Waals surface area contributed by atoms with Crippen molar-refractivity contribution in [2.45, 2.75) is 133 Å². The first-order valence-electron chi connectivity index (χ1n) is 25.1. The smallest absolute Gasteiger partial charge is 0.386 e. The second-order valence-corrected chi connectivity index (χ2v) is 37.3. The lowest BCUT2D eigenvalue weighted by molar-refractivity contribution is -0.0607. The fraction of sp³-hybridized carbons (Fsp3) is 0.490. The summed E-state index contributed by atoms with van der Waals surface area (Å²) in [5, 5.41) is 14.7. The van der Waals surface area contributed by atoms with E-state index in [0.29, 0.717) is 11.1 Å². The number of benzene rings is 2. The Kier molecular flexibility index (Phi) is 16.8. The molecule has 78 heavy (non-hydrogen) atoms. The summed E-state index contributed by atoms with van der Waals surface area (Å²) in [5.41, 5.74) is 1.80. The Hall–Kier alpha value is -4.73. The molecule has 416 valence electrons. The van der Waals surface area contributed by atoms with Gasteiger partial charge in [-0.05, 0) is 72.3 Å². The van der Waals surface area contributed by atoms with Gasteiger partial charge in [-0.25, -0.2) is 34.5 Å².